The summed E-state index contributed by atoms with van der Waals surface area (Å²) in [7, 11) is 1.88. The van der Waals surface area contributed by atoms with E-state index in [2.05, 4.69) is 20.1 Å². The zero-order valence-corrected chi connectivity index (χ0v) is 12.8. The van der Waals surface area contributed by atoms with Gasteiger partial charge in [-0.3, -0.25) is 9.36 Å². The first-order valence-electron chi connectivity index (χ1n) is 7.58. The van der Waals surface area contributed by atoms with Crippen molar-refractivity contribution >= 4 is 16.9 Å². The van der Waals surface area contributed by atoms with Gasteiger partial charge in [-0.15, -0.1) is 10.2 Å². The van der Waals surface area contributed by atoms with E-state index in [0.29, 0.717) is 30.0 Å². The van der Waals surface area contributed by atoms with Crippen LogP contribution in [0.25, 0.3) is 22.3 Å². The summed E-state index contributed by atoms with van der Waals surface area (Å²) in [6.45, 7) is 2.91. The van der Waals surface area contributed by atoms with Gasteiger partial charge in [-0.25, -0.2) is 0 Å². The number of benzene rings is 1. The van der Waals surface area contributed by atoms with E-state index in [1.54, 1.807) is 6.20 Å². The molecule has 7 nitrogen and oxygen atoms in total. The minimum absolute atomic E-state index is 0.0385. The number of anilines is 1. The number of ether oxygens (including phenoxy) is 1. The number of nitrogens with one attached hydrogen (secondary N) is 1. The quantitative estimate of drug-likeness (QED) is 0.768. The first-order chi connectivity index (χ1) is 11.3. The van der Waals surface area contributed by atoms with Crippen LogP contribution in [0.5, 0.6) is 0 Å². The van der Waals surface area contributed by atoms with Gasteiger partial charge in [-0.2, -0.15) is 0 Å². The molecule has 118 valence electrons. The van der Waals surface area contributed by atoms with Gasteiger partial charge >= 0.3 is 0 Å². The monoisotopic (exact) mass is 311 g/mol. The molecule has 0 bridgehead atoms. The average Bonchev–Trinajstić information content (AvgIpc) is 2.98. The molecule has 0 atom stereocenters. The van der Waals surface area contributed by atoms with E-state index in [0.717, 1.165) is 24.6 Å². The van der Waals surface area contributed by atoms with E-state index < -0.39 is 0 Å². The smallest absolute Gasteiger partial charge is 0.227 e. The van der Waals surface area contributed by atoms with Gasteiger partial charge in [0, 0.05) is 37.2 Å². The second-order valence-electron chi connectivity index (χ2n) is 5.56. The van der Waals surface area contributed by atoms with Crippen molar-refractivity contribution in [3.8, 4) is 11.4 Å². The van der Waals surface area contributed by atoms with Crippen LogP contribution in [0.15, 0.2) is 35.3 Å². The molecule has 0 radical (unpaired) electrons. The molecular formula is C16H17N5O2. The van der Waals surface area contributed by atoms with Crippen LogP contribution in [-0.2, 0) is 11.8 Å². The van der Waals surface area contributed by atoms with Crippen molar-refractivity contribution < 1.29 is 4.74 Å². The van der Waals surface area contributed by atoms with Gasteiger partial charge in [-0.05, 0) is 12.1 Å². The van der Waals surface area contributed by atoms with Gasteiger partial charge < -0.3 is 14.6 Å². The van der Waals surface area contributed by atoms with E-state index in [4.69, 9.17) is 4.74 Å². The lowest BCUT2D eigenvalue weighted by molar-refractivity contribution is 0.121. The summed E-state index contributed by atoms with van der Waals surface area (Å²) >= 11 is 0. The van der Waals surface area contributed by atoms with Crippen molar-refractivity contribution in [1.29, 1.82) is 0 Å². The molecule has 0 aliphatic carbocycles. The SMILES string of the molecule is Cn1c(-c2c[nH]c3ccccc3c2=O)nnc1N1CCOCC1. The molecule has 1 aliphatic rings. The molecule has 3 aromatic rings. The molecule has 1 saturated heterocycles. The minimum atomic E-state index is -0.0385. The van der Waals surface area contributed by atoms with E-state index in [-0.39, 0.29) is 5.43 Å². The molecule has 0 saturated carbocycles. The number of hydrogen-bond acceptors (Lipinski definition) is 5. The Balaban J connectivity index is 1.81. The summed E-state index contributed by atoms with van der Waals surface area (Å²) in [5, 5.41) is 9.16. The van der Waals surface area contributed by atoms with Crippen LogP contribution in [0.3, 0.4) is 0 Å². The molecule has 7 heteroatoms. The Morgan fingerprint density at radius 1 is 1.17 bits per heavy atom. The highest BCUT2D eigenvalue weighted by molar-refractivity contribution is 5.82. The van der Waals surface area contributed by atoms with E-state index in [1.807, 2.05) is 35.9 Å². The van der Waals surface area contributed by atoms with Crippen LogP contribution in [0.4, 0.5) is 5.95 Å². The number of hydrogen-bond donors (Lipinski definition) is 1. The molecule has 0 amide bonds. The first kappa shape index (κ1) is 14.0. The summed E-state index contributed by atoms with van der Waals surface area (Å²) in [5.41, 5.74) is 1.30. The second-order valence-corrected chi connectivity index (χ2v) is 5.56. The van der Waals surface area contributed by atoms with Crippen LogP contribution in [0.1, 0.15) is 0 Å². The molecular weight excluding hydrogens is 294 g/mol. The van der Waals surface area contributed by atoms with Crippen molar-refractivity contribution in [3.05, 3.63) is 40.7 Å². The number of H-pyrrole nitrogens is 1. The number of nitrogens with zero attached hydrogens (tertiary/aromatic N) is 4. The second kappa shape index (κ2) is 5.51. The van der Waals surface area contributed by atoms with Crippen LogP contribution < -0.4 is 10.3 Å². The molecule has 1 aromatic carbocycles. The molecule has 1 fully saturated rings. The maximum absolute atomic E-state index is 12.7. The third-order valence-corrected chi connectivity index (χ3v) is 4.18. The van der Waals surface area contributed by atoms with Crippen LogP contribution in [-0.4, -0.2) is 46.1 Å². The van der Waals surface area contributed by atoms with Crippen molar-refractivity contribution in [3.63, 3.8) is 0 Å². The van der Waals surface area contributed by atoms with E-state index >= 15 is 0 Å². The van der Waals surface area contributed by atoms with Gasteiger partial charge in [0.05, 0.1) is 18.8 Å². The Labute approximate surface area is 132 Å². The van der Waals surface area contributed by atoms with Gasteiger partial charge in [0.2, 0.25) is 5.95 Å². The minimum Gasteiger partial charge on any atom is -0.378 e. The lowest BCUT2D eigenvalue weighted by atomic mass is 10.1. The van der Waals surface area contributed by atoms with Crippen molar-refractivity contribution in [2.45, 2.75) is 0 Å². The fourth-order valence-corrected chi connectivity index (χ4v) is 2.93. The summed E-state index contributed by atoms with van der Waals surface area (Å²) in [6, 6.07) is 7.46. The fourth-order valence-electron chi connectivity index (χ4n) is 2.93. The Hall–Kier alpha value is -2.67. The molecule has 1 aliphatic heterocycles. The molecule has 0 unspecified atom stereocenters. The Morgan fingerprint density at radius 3 is 2.78 bits per heavy atom. The third kappa shape index (κ3) is 2.29. The molecule has 2 aromatic heterocycles. The standard InChI is InChI=1S/C16H17N5O2/c1-20-15(18-19-16(20)21-6-8-23-9-7-21)12-10-17-13-5-3-2-4-11(13)14(12)22/h2-5,10H,6-9H2,1H3,(H,17,22). The number of aromatic nitrogens is 4. The molecule has 4 rings (SSSR count). The van der Waals surface area contributed by atoms with Gasteiger partial charge in [0.15, 0.2) is 11.3 Å². The normalized spacial score (nSPS) is 15.3. The van der Waals surface area contributed by atoms with Crippen molar-refractivity contribution in [2.75, 3.05) is 31.2 Å². The van der Waals surface area contributed by atoms with Gasteiger partial charge in [0.25, 0.3) is 0 Å². The summed E-state index contributed by atoms with van der Waals surface area (Å²) < 4.78 is 7.23. The van der Waals surface area contributed by atoms with Gasteiger partial charge in [-0.1, -0.05) is 12.1 Å². The number of fused-ring (bicyclic) bond motifs is 1. The highest BCUT2D eigenvalue weighted by Crippen LogP contribution is 2.20. The largest absolute Gasteiger partial charge is 0.378 e. The molecule has 1 N–H and O–H groups in total. The third-order valence-electron chi connectivity index (χ3n) is 4.18. The summed E-state index contributed by atoms with van der Waals surface area (Å²) in [5.74, 6) is 1.33. The molecule has 3 heterocycles. The summed E-state index contributed by atoms with van der Waals surface area (Å²) in [4.78, 5) is 18.0. The van der Waals surface area contributed by atoms with Crippen molar-refractivity contribution in [1.82, 2.24) is 19.7 Å². The van der Waals surface area contributed by atoms with Crippen LogP contribution in [0.2, 0.25) is 0 Å². The predicted molar refractivity (Wildman–Crippen MR) is 87.6 cm³/mol. The fraction of sp³-hybridized carbons (Fsp3) is 0.312. The van der Waals surface area contributed by atoms with E-state index in [1.165, 1.54) is 0 Å². The van der Waals surface area contributed by atoms with Crippen LogP contribution in [0, 0.1) is 0 Å². The Bertz CT molecular complexity index is 908. The maximum atomic E-state index is 12.7. The maximum Gasteiger partial charge on any atom is 0.227 e. The number of aromatic amines is 1. The number of rotatable bonds is 2. The molecule has 0 spiro atoms. The highest BCUT2D eigenvalue weighted by Gasteiger charge is 2.20. The number of para-hydroxylation sites is 1. The zero-order valence-electron chi connectivity index (χ0n) is 12.8. The average molecular weight is 311 g/mol. The predicted octanol–water partition coefficient (Wildman–Crippen LogP) is 1.16. The number of morpholine rings is 1. The zero-order chi connectivity index (χ0) is 15.8. The molecule has 23 heavy (non-hydrogen) atoms. The van der Waals surface area contributed by atoms with Crippen molar-refractivity contribution in [2.24, 2.45) is 7.05 Å². The lowest BCUT2D eigenvalue weighted by Crippen LogP contribution is -2.37. The summed E-state index contributed by atoms with van der Waals surface area (Å²) in [6.07, 6.45) is 1.71. The number of pyridine rings is 1. The Morgan fingerprint density at radius 2 is 1.96 bits per heavy atom. The lowest BCUT2D eigenvalue weighted by Gasteiger charge is -2.27. The topological polar surface area (TPSA) is 76.0 Å². The van der Waals surface area contributed by atoms with Gasteiger partial charge in [0.1, 0.15) is 0 Å². The first-order valence-corrected chi connectivity index (χ1v) is 7.58. The highest BCUT2D eigenvalue weighted by atomic mass is 16.5. The Kier molecular flexibility index (Phi) is 3.34. The van der Waals surface area contributed by atoms with E-state index in [9.17, 15) is 4.79 Å². The van der Waals surface area contributed by atoms with Crippen LogP contribution >= 0.6 is 0 Å².